The molecule has 5 atom stereocenters. The Bertz CT molecular complexity index is 197. The van der Waals surface area contributed by atoms with Gasteiger partial charge in [0, 0.05) is 14.2 Å². The van der Waals surface area contributed by atoms with Gasteiger partial charge in [-0.1, -0.05) is 0 Å². The molecule has 1 rings (SSSR count). The summed E-state index contributed by atoms with van der Waals surface area (Å²) in [6.07, 6.45) is -1.41. The lowest BCUT2D eigenvalue weighted by molar-refractivity contribution is -0.293. The van der Waals surface area contributed by atoms with Crippen molar-refractivity contribution < 1.29 is 19.3 Å². The Balaban J connectivity index is 2.88. The van der Waals surface area contributed by atoms with Crippen LogP contribution in [0.5, 0.6) is 0 Å². The van der Waals surface area contributed by atoms with E-state index in [-0.39, 0.29) is 6.10 Å². The third kappa shape index (κ3) is 1.78. The molecule has 1 aliphatic heterocycles. The van der Waals surface area contributed by atoms with Gasteiger partial charge in [0.15, 0.2) is 6.29 Å². The largest absolute Gasteiger partial charge is 0.386 e. The van der Waals surface area contributed by atoms with E-state index in [2.05, 4.69) is 0 Å². The average molecular weight is 205 g/mol. The molecule has 0 spiro atoms. The third-order valence-electron chi connectivity index (χ3n) is 2.84. The lowest BCUT2D eigenvalue weighted by Gasteiger charge is -2.47. The van der Waals surface area contributed by atoms with Gasteiger partial charge in [-0.25, -0.2) is 0 Å². The number of hydrogen-bond acceptors (Lipinski definition) is 5. The maximum Gasteiger partial charge on any atom is 0.186 e. The van der Waals surface area contributed by atoms with Gasteiger partial charge in [-0.05, 0) is 13.8 Å². The molecular weight excluding hydrogens is 186 g/mol. The highest BCUT2D eigenvalue weighted by molar-refractivity contribution is 5.00. The van der Waals surface area contributed by atoms with E-state index in [0.29, 0.717) is 0 Å². The fourth-order valence-electron chi connectivity index (χ4n) is 1.84. The molecule has 0 aromatic rings. The van der Waals surface area contributed by atoms with Gasteiger partial charge in [0.1, 0.15) is 11.7 Å². The van der Waals surface area contributed by atoms with E-state index >= 15 is 0 Å². The maximum atomic E-state index is 10.2. The van der Waals surface area contributed by atoms with Crippen molar-refractivity contribution in [2.45, 2.75) is 44.0 Å². The Kier molecular flexibility index (Phi) is 3.49. The van der Waals surface area contributed by atoms with Crippen LogP contribution < -0.4 is 5.73 Å². The van der Waals surface area contributed by atoms with Crippen LogP contribution >= 0.6 is 0 Å². The second-order valence-electron chi connectivity index (χ2n) is 3.85. The van der Waals surface area contributed by atoms with Crippen LogP contribution in [0.2, 0.25) is 0 Å². The van der Waals surface area contributed by atoms with Crippen LogP contribution in [0.15, 0.2) is 0 Å². The highest BCUT2D eigenvalue weighted by atomic mass is 16.7. The monoisotopic (exact) mass is 205 g/mol. The van der Waals surface area contributed by atoms with Crippen LogP contribution in [0.25, 0.3) is 0 Å². The minimum absolute atomic E-state index is 0.263. The first kappa shape index (κ1) is 11.9. The zero-order valence-electron chi connectivity index (χ0n) is 9.06. The molecule has 5 nitrogen and oxygen atoms in total. The lowest BCUT2D eigenvalue weighted by atomic mass is 9.84. The number of nitrogens with two attached hydrogens (primary N) is 1. The van der Waals surface area contributed by atoms with E-state index in [1.54, 1.807) is 13.8 Å². The molecule has 0 radical (unpaired) electrons. The summed E-state index contributed by atoms with van der Waals surface area (Å²) in [4.78, 5) is 0. The molecule has 0 amide bonds. The van der Waals surface area contributed by atoms with E-state index in [0.717, 1.165) is 0 Å². The predicted octanol–water partition coefficient (Wildman–Crippen LogP) is -0.529. The summed E-state index contributed by atoms with van der Waals surface area (Å²) < 4.78 is 15.7. The highest BCUT2D eigenvalue weighted by Crippen LogP contribution is 2.30. The summed E-state index contributed by atoms with van der Waals surface area (Å²) in [5.74, 6) is 0. The Morgan fingerprint density at radius 2 is 1.93 bits per heavy atom. The summed E-state index contributed by atoms with van der Waals surface area (Å²) in [5, 5.41) is 10.2. The average Bonchev–Trinajstić information content (AvgIpc) is 2.13. The molecule has 1 aliphatic rings. The van der Waals surface area contributed by atoms with Crippen molar-refractivity contribution in [3.8, 4) is 0 Å². The van der Waals surface area contributed by atoms with Gasteiger partial charge >= 0.3 is 0 Å². The molecule has 1 fully saturated rings. The van der Waals surface area contributed by atoms with Crippen LogP contribution in [0.3, 0.4) is 0 Å². The zero-order valence-corrected chi connectivity index (χ0v) is 9.06. The van der Waals surface area contributed by atoms with Crippen molar-refractivity contribution in [3.63, 3.8) is 0 Å². The number of methoxy groups -OCH3 is 2. The number of ether oxygens (including phenoxy) is 3. The lowest BCUT2D eigenvalue weighted by Crippen LogP contribution is -2.68. The molecule has 0 saturated carbocycles. The minimum Gasteiger partial charge on any atom is -0.386 e. The van der Waals surface area contributed by atoms with Crippen molar-refractivity contribution in [2.75, 3.05) is 14.2 Å². The van der Waals surface area contributed by atoms with Gasteiger partial charge in [-0.3, -0.25) is 0 Å². The summed E-state index contributed by atoms with van der Waals surface area (Å²) in [5.41, 5.74) is 4.68. The van der Waals surface area contributed by atoms with Gasteiger partial charge in [-0.15, -0.1) is 0 Å². The molecule has 14 heavy (non-hydrogen) atoms. The molecule has 0 bridgehead atoms. The van der Waals surface area contributed by atoms with E-state index in [1.807, 2.05) is 0 Å². The quantitative estimate of drug-likeness (QED) is 0.634. The fourth-order valence-corrected chi connectivity index (χ4v) is 1.84. The normalized spacial score (nSPS) is 49.3. The molecule has 1 heterocycles. The van der Waals surface area contributed by atoms with E-state index in [4.69, 9.17) is 19.9 Å². The molecular formula is C9H19NO4. The van der Waals surface area contributed by atoms with Crippen molar-refractivity contribution in [3.05, 3.63) is 0 Å². The summed E-state index contributed by atoms with van der Waals surface area (Å²) >= 11 is 0. The smallest absolute Gasteiger partial charge is 0.186 e. The molecule has 3 N–H and O–H groups in total. The SMILES string of the molecule is COC1OC(C)C(N)C(C)(O)C1OC. The molecule has 5 unspecified atom stereocenters. The maximum absolute atomic E-state index is 10.2. The van der Waals surface area contributed by atoms with Gasteiger partial charge < -0.3 is 25.1 Å². The van der Waals surface area contributed by atoms with Crippen LogP contribution in [-0.2, 0) is 14.2 Å². The number of hydrogen-bond donors (Lipinski definition) is 2. The Labute approximate surface area is 84.1 Å². The molecule has 5 heteroatoms. The standard InChI is InChI=1S/C9H19NO4/c1-5-6(10)9(2,11)7(12-3)8(13-4)14-5/h5-8,11H,10H2,1-4H3. The fraction of sp³-hybridized carbons (Fsp3) is 1.00. The summed E-state index contributed by atoms with van der Waals surface area (Å²) in [6.45, 7) is 3.44. The highest BCUT2D eigenvalue weighted by Gasteiger charge is 2.50. The second kappa shape index (κ2) is 4.12. The van der Waals surface area contributed by atoms with Gasteiger partial charge in [0.05, 0.1) is 12.1 Å². The minimum atomic E-state index is -1.15. The van der Waals surface area contributed by atoms with Gasteiger partial charge in [0.2, 0.25) is 0 Å². The second-order valence-corrected chi connectivity index (χ2v) is 3.85. The molecule has 0 aliphatic carbocycles. The summed E-state index contributed by atoms with van der Waals surface area (Å²) in [6, 6.07) is -0.487. The van der Waals surface area contributed by atoms with Gasteiger partial charge in [0.25, 0.3) is 0 Å². The van der Waals surface area contributed by atoms with E-state index in [1.165, 1.54) is 14.2 Å². The zero-order chi connectivity index (χ0) is 10.9. The number of aliphatic hydroxyl groups is 1. The topological polar surface area (TPSA) is 73.9 Å². The van der Waals surface area contributed by atoms with Crippen molar-refractivity contribution in [2.24, 2.45) is 5.73 Å². The molecule has 0 aromatic heterocycles. The Hall–Kier alpha value is -0.200. The number of rotatable bonds is 2. The van der Waals surface area contributed by atoms with Crippen molar-refractivity contribution in [1.29, 1.82) is 0 Å². The third-order valence-corrected chi connectivity index (χ3v) is 2.84. The van der Waals surface area contributed by atoms with Crippen molar-refractivity contribution in [1.82, 2.24) is 0 Å². The first-order chi connectivity index (χ1) is 6.45. The van der Waals surface area contributed by atoms with Crippen molar-refractivity contribution >= 4 is 0 Å². The Morgan fingerprint density at radius 1 is 1.36 bits per heavy atom. The first-order valence-corrected chi connectivity index (χ1v) is 4.64. The Morgan fingerprint density at radius 3 is 2.36 bits per heavy atom. The van der Waals surface area contributed by atoms with Crippen LogP contribution in [0.1, 0.15) is 13.8 Å². The molecule has 1 saturated heterocycles. The molecule has 84 valence electrons. The van der Waals surface area contributed by atoms with Crippen LogP contribution in [0, 0.1) is 0 Å². The molecule has 0 aromatic carbocycles. The predicted molar refractivity (Wildman–Crippen MR) is 50.7 cm³/mol. The van der Waals surface area contributed by atoms with Crippen LogP contribution in [-0.4, -0.2) is 49.5 Å². The first-order valence-electron chi connectivity index (χ1n) is 4.64. The van der Waals surface area contributed by atoms with Gasteiger partial charge in [-0.2, -0.15) is 0 Å². The van der Waals surface area contributed by atoms with Crippen LogP contribution in [0.4, 0.5) is 0 Å². The summed E-state index contributed by atoms with van der Waals surface area (Å²) in [7, 11) is 3.01. The van der Waals surface area contributed by atoms with E-state index in [9.17, 15) is 5.11 Å². The van der Waals surface area contributed by atoms with E-state index < -0.39 is 24.0 Å².